The SMILES string of the molecule is CCCCCC(C)NC(=NCC(=O)N(C)C)NCCSC. The zero-order valence-electron chi connectivity index (χ0n) is 14.2. The van der Waals surface area contributed by atoms with Crippen molar-refractivity contribution in [3.63, 3.8) is 0 Å². The first-order valence-electron chi connectivity index (χ1n) is 7.75. The van der Waals surface area contributed by atoms with Crippen molar-refractivity contribution in [2.24, 2.45) is 4.99 Å². The fourth-order valence-corrected chi connectivity index (χ4v) is 2.02. The number of carbonyl (C=O) groups excluding carboxylic acids is 1. The van der Waals surface area contributed by atoms with Gasteiger partial charge in [0.1, 0.15) is 6.54 Å². The zero-order valence-corrected chi connectivity index (χ0v) is 15.1. The molecule has 0 saturated carbocycles. The molecule has 0 aliphatic rings. The summed E-state index contributed by atoms with van der Waals surface area (Å²) in [4.78, 5) is 17.6. The highest BCUT2D eigenvalue weighted by Crippen LogP contribution is 2.02. The van der Waals surface area contributed by atoms with Gasteiger partial charge in [-0.25, -0.2) is 4.99 Å². The van der Waals surface area contributed by atoms with Crippen molar-refractivity contribution in [2.45, 2.75) is 45.6 Å². The minimum Gasteiger partial charge on any atom is -0.356 e. The van der Waals surface area contributed by atoms with Gasteiger partial charge in [-0.15, -0.1) is 0 Å². The van der Waals surface area contributed by atoms with Gasteiger partial charge in [0.15, 0.2) is 5.96 Å². The van der Waals surface area contributed by atoms with E-state index in [1.807, 2.05) is 0 Å². The number of aliphatic imine (C=N–C) groups is 1. The molecule has 0 fully saturated rings. The van der Waals surface area contributed by atoms with Gasteiger partial charge in [0, 0.05) is 32.4 Å². The molecule has 0 aliphatic carbocycles. The number of thioether (sulfide) groups is 1. The maximum absolute atomic E-state index is 11.6. The second-order valence-corrected chi connectivity index (χ2v) is 6.40. The van der Waals surface area contributed by atoms with E-state index in [0.717, 1.165) is 24.7 Å². The molecule has 21 heavy (non-hydrogen) atoms. The quantitative estimate of drug-likeness (QED) is 0.367. The normalized spacial score (nSPS) is 12.9. The first-order valence-corrected chi connectivity index (χ1v) is 9.14. The lowest BCUT2D eigenvalue weighted by molar-refractivity contribution is -0.127. The number of rotatable bonds is 10. The molecule has 5 nitrogen and oxygen atoms in total. The summed E-state index contributed by atoms with van der Waals surface area (Å²) in [6.07, 6.45) is 6.92. The van der Waals surface area contributed by atoms with Gasteiger partial charge in [-0.05, 0) is 19.6 Å². The predicted molar refractivity (Wildman–Crippen MR) is 94.1 cm³/mol. The zero-order chi connectivity index (χ0) is 16.1. The summed E-state index contributed by atoms with van der Waals surface area (Å²) in [5.74, 6) is 1.77. The highest BCUT2D eigenvalue weighted by Gasteiger charge is 2.07. The molecule has 1 atom stereocenters. The second kappa shape index (κ2) is 12.8. The summed E-state index contributed by atoms with van der Waals surface area (Å²) >= 11 is 1.79. The van der Waals surface area contributed by atoms with E-state index in [4.69, 9.17) is 0 Å². The van der Waals surface area contributed by atoms with E-state index in [2.05, 4.69) is 35.7 Å². The summed E-state index contributed by atoms with van der Waals surface area (Å²) in [7, 11) is 3.50. The van der Waals surface area contributed by atoms with Crippen molar-refractivity contribution in [1.82, 2.24) is 15.5 Å². The Balaban J connectivity index is 4.36. The van der Waals surface area contributed by atoms with Crippen molar-refractivity contribution in [1.29, 1.82) is 0 Å². The standard InChI is InChI=1S/C15H32N4OS/c1-6-7-8-9-13(2)18-15(16-10-11-21-5)17-12-14(20)19(3)4/h13H,6-12H2,1-5H3,(H2,16,17,18). The summed E-state index contributed by atoms with van der Waals surface area (Å²) in [6, 6.07) is 0.367. The Morgan fingerprint density at radius 2 is 2.05 bits per heavy atom. The largest absolute Gasteiger partial charge is 0.356 e. The van der Waals surface area contributed by atoms with Gasteiger partial charge in [-0.2, -0.15) is 11.8 Å². The van der Waals surface area contributed by atoms with Crippen molar-refractivity contribution >= 4 is 23.6 Å². The molecule has 0 bridgehead atoms. The molecule has 0 spiro atoms. The van der Waals surface area contributed by atoms with Crippen LogP contribution in [0.1, 0.15) is 39.5 Å². The van der Waals surface area contributed by atoms with E-state index in [1.165, 1.54) is 19.3 Å². The maximum atomic E-state index is 11.6. The fourth-order valence-electron chi connectivity index (χ4n) is 1.72. The Morgan fingerprint density at radius 1 is 1.33 bits per heavy atom. The van der Waals surface area contributed by atoms with Gasteiger partial charge >= 0.3 is 0 Å². The third-order valence-electron chi connectivity index (χ3n) is 3.09. The molecule has 0 aromatic carbocycles. The van der Waals surface area contributed by atoms with E-state index >= 15 is 0 Å². The van der Waals surface area contributed by atoms with Crippen LogP contribution in [0.15, 0.2) is 4.99 Å². The molecule has 0 saturated heterocycles. The highest BCUT2D eigenvalue weighted by molar-refractivity contribution is 7.98. The molecule has 1 amide bonds. The Kier molecular flexibility index (Phi) is 12.2. The van der Waals surface area contributed by atoms with E-state index in [1.54, 1.807) is 30.8 Å². The third kappa shape index (κ3) is 11.4. The van der Waals surface area contributed by atoms with Crippen LogP contribution in [0.25, 0.3) is 0 Å². The highest BCUT2D eigenvalue weighted by atomic mass is 32.2. The van der Waals surface area contributed by atoms with Crippen molar-refractivity contribution in [3.8, 4) is 0 Å². The number of unbranched alkanes of at least 4 members (excludes halogenated alkanes) is 2. The lowest BCUT2D eigenvalue weighted by Crippen LogP contribution is -2.43. The number of carbonyl (C=O) groups is 1. The molecule has 124 valence electrons. The molecule has 0 radical (unpaired) electrons. The molecular formula is C15H32N4OS. The Hall–Kier alpha value is -0.910. The van der Waals surface area contributed by atoms with E-state index < -0.39 is 0 Å². The average molecular weight is 317 g/mol. The summed E-state index contributed by atoms with van der Waals surface area (Å²) < 4.78 is 0. The summed E-state index contributed by atoms with van der Waals surface area (Å²) in [6.45, 7) is 5.41. The summed E-state index contributed by atoms with van der Waals surface area (Å²) in [5.41, 5.74) is 0. The van der Waals surface area contributed by atoms with Gasteiger partial charge in [0.25, 0.3) is 0 Å². The average Bonchev–Trinajstić information content (AvgIpc) is 2.44. The van der Waals surface area contributed by atoms with E-state index in [-0.39, 0.29) is 12.5 Å². The molecule has 0 aromatic rings. The van der Waals surface area contributed by atoms with Crippen LogP contribution < -0.4 is 10.6 Å². The monoisotopic (exact) mass is 316 g/mol. The maximum Gasteiger partial charge on any atom is 0.243 e. The molecule has 1 unspecified atom stereocenters. The smallest absolute Gasteiger partial charge is 0.243 e. The van der Waals surface area contributed by atoms with Gasteiger partial charge < -0.3 is 15.5 Å². The first kappa shape index (κ1) is 20.1. The molecule has 0 aliphatic heterocycles. The van der Waals surface area contributed by atoms with E-state index in [9.17, 15) is 4.79 Å². The number of guanidine groups is 1. The van der Waals surface area contributed by atoms with Gasteiger partial charge in [0.05, 0.1) is 0 Å². The Bertz CT molecular complexity index is 308. The van der Waals surface area contributed by atoms with Crippen LogP contribution in [0, 0.1) is 0 Å². The van der Waals surface area contributed by atoms with E-state index in [0.29, 0.717) is 6.04 Å². The number of nitrogens with one attached hydrogen (secondary N) is 2. The number of amides is 1. The van der Waals surface area contributed by atoms with Crippen LogP contribution in [0.2, 0.25) is 0 Å². The summed E-state index contributed by atoms with van der Waals surface area (Å²) in [5, 5.41) is 6.67. The predicted octanol–water partition coefficient (Wildman–Crippen LogP) is 1.94. The third-order valence-corrected chi connectivity index (χ3v) is 3.71. The number of likely N-dealkylation sites (N-methyl/N-ethyl adjacent to an activating group) is 1. The van der Waals surface area contributed by atoms with Gasteiger partial charge in [-0.3, -0.25) is 4.79 Å². The topological polar surface area (TPSA) is 56.7 Å². The van der Waals surface area contributed by atoms with Crippen molar-refractivity contribution < 1.29 is 4.79 Å². The van der Waals surface area contributed by atoms with Crippen LogP contribution in [0.5, 0.6) is 0 Å². The Morgan fingerprint density at radius 3 is 2.62 bits per heavy atom. The molecule has 2 N–H and O–H groups in total. The molecule has 0 heterocycles. The Labute approximate surface area is 134 Å². The molecule has 6 heteroatoms. The van der Waals surface area contributed by atoms with Gasteiger partial charge in [0.2, 0.25) is 5.91 Å². The van der Waals surface area contributed by atoms with Crippen molar-refractivity contribution in [2.75, 3.05) is 39.2 Å². The number of hydrogen-bond donors (Lipinski definition) is 2. The van der Waals surface area contributed by atoms with Crippen molar-refractivity contribution in [3.05, 3.63) is 0 Å². The second-order valence-electron chi connectivity index (χ2n) is 5.41. The number of hydrogen-bond acceptors (Lipinski definition) is 3. The molecule has 0 rings (SSSR count). The molecule has 0 aromatic heterocycles. The lowest BCUT2D eigenvalue weighted by atomic mass is 10.1. The van der Waals surface area contributed by atoms with Crippen LogP contribution in [0.3, 0.4) is 0 Å². The minimum atomic E-state index is 0.0135. The lowest BCUT2D eigenvalue weighted by Gasteiger charge is -2.18. The van der Waals surface area contributed by atoms with Crippen LogP contribution in [-0.2, 0) is 4.79 Å². The number of nitrogens with zero attached hydrogens (tertiary/aromatic N) is 2. The van der Waals surface area contributed by atoms with Crippen LogP contribution in [-0.4, -0.2) is 62.0 Å². The first-order chi connectivity index (χ1) is 10.0. The minimum absolute atomic E-state index is 0.0135. The van der Waals surface area contributed by atoms with Crippen LogP contribution >= 0.6 is 11.8 Å². The van der Waals surface area contributed by atoms with Crippen LogP contribution in [0.4, 0.5) is 0 Å². The molecular weight excluding hydrogens is 284 g/mol. The fraction of sp³-hybridized carbons (Fsp3) is 0.867. The van der Waals surface area contributed by atoms with Gasteiger partial charge in [-0.1, -0.05) is 26.2 Å².